The van der Waals surface area contributed by atoms with Gasteiger partial charge >= 0.3 is 0 Å². The third-order valence-corrected chi connectivity index (χ3v) is 7.69. The third-order valence-electron chi connectivity index (χ3n) is 6.53. The Morgan fingerprint density at radius 1 is 1.00 bits per heavy atom. The summed E-state index contributed by atoms with van der Waals surface area (Å²) in [5.41, 5.74) is 4.65. The molecule has 0 unspecified atom stereocenters. The zero-order valence-electron chi connectivity index (χ0n) is 22.6. The molecule has 4 aromatic rings. The molecule has 210 valence electrons. The lowest BCUT2D eigenvalue weighted by Gasteiger charge is -2.35. The molecule has 12 nitrogen and oxygen atoms in total. The maximum absolute atomic E-state index is 12.2. The third kappa shape index (κ3) is 6.18. The number of piperazine rings is 1. The van der Waals surface area contributed by atoms with Crippen LogP contribution >= 0.6 is 15.9 Å². The number of hydrogen-bond donors (Lipinski definition) is 3. The summed E-state index contributed by atoms with van der Waals surface area (Å²) in [4.78, 5) is 22.4. The Morgan fingerprint density at radius 2 is 1.75 bits per heavy atom. The van der Waals surface area contributed by atoms with Gasteiger partial charge in [-0.15, -0.1) is 0 Å². The molecule has 0 bridgehead atoms. The maximum atomic E-state index is 12.2. The van der Waals surface area contributed by atoms with E-state index < -0.39 is 10.0 Å². The second kappa shape index (κ2) is 11.4. The van der Waals surface area contributed by atoms with E-state index in [9.17, 15) is 8.42 Å². The van der Waals surface area contributed by atoms with Gasteiger partial charge in [-0.1, -0.05) is 0 Å². The first kappa shape index (κ1) is 27.8. The van der Waals surface area contributed by atoms with Crippen molar-refractivity contribution < 1.29 is 13.2 Å². The average molecular weight is 629 g/mol. The van der Waals surface area contributed by atoms with Gasteiger partial charge in [0.2, 0.25) is 16.0 Å². The Kier molecular flexibility index (Phi) is 7.92. The van der Waals surface area contributed by atoms with E-state index in [2.05, 4.69) is 75.0 Å². The molecule has 5 rings (SSSR count). The fourth-order valence-corrected chi connectivity index (χ4v) is 5.39. The Balaban J connectivity index is 1.45. The molecule has 1 aliphatic rings. The summed E-state index contributed by atoms with van der Waals surface area (Å²) in [7, 11) is 0.169. The minimum Gasteiger partial charge on any atom is -0.494 e. The Morgan fingerprint density at radius 3 is 2.48 bits per heavy atom. The number of aromatic nitrogens is 4. The first-order valence-corrected chi connectivity index (χ1v) is 15.2. The number of benzene rings is 2. The Hall–Kier alpha value is -3.75. The molecular formula is C26H30BrN9O3S. The van der Waals surface area contributed by atoms with Crippen LogP contribution in [0.1, 0.15) is 5.56 Å². The number of methoxy groups -OCH3 is 1. The van der Waals surface area contributed by atoms with Crippen molar-refractivity contribution in [3.63, 3.8) is 0 Å². The summed E-state index contributed by atoms with van der Waals surface area (Å²) in [5, 5.41) is 6.47. The average Bonchev–Trinajstić information content (AvgIpc) is 2.92. The van der Waals surface area contributed by atoms with Gasteiger partial charge in [0.25, 0.3) is 0 Å². The second-order valence-electron chi connectivity index (χ2n) is 9.56. The van der Waals surface area contributed by atoms with Crippen LogP contribution in [0.25, 0.3) is 11.0 Å². The van der Waals surface area contributed by atoms with Crippen LogP contribution in [0.4, 0.5) is 34.5 Å². The van der Waals surface area contributed by atoms with Gasteiger partial charge in [0, 0.05) is 56.5 Å². The molecule has 1 aliphatic heterocycles. The first-order chi connectivity index (χ1) is 19.1. The fraction of sp³-hybridized carbons (Fsp3) is 0.308. The van der Waals surface area contributed by atoms with Crippen LogP contribution in [-0.2, 0) is 10.0 Å². The summed E-state index contributed by atoms with van der Waals surface area (Å²) in [6.07, 6.45) is 5.75. The number of rotatable bonds is 8. The molecule has 0 amide bonds. The van der Waals surface area contributed by atoms with E-state index in [1.54, 1.807) is 31.6 Å². The molecule has 0 spiro atoms. The lowest BCUT2D eigenvalue weighted by molar-refractivity contribution is 0.312. The second-order valence-corrected chi connectivity index (χ2v) is 12.2. The highest BCUT2D eigenvalue weighted by atomic mass is 79.9. The number of nitrogens with one attached hydrogen (secondary N) is 3. The molecule has 2 aromatic heterocycles. The van der Waals surface area contributed by atoms with Gasteiger partial charge in [-0.3, -0.25) is 14.7 Å². The lowest BCUT2D eigenvalue weighted by Crippen LogP contribution is -2.44. The first-order valence-electron chi connectivity index (χ1n) is 12.5. The van der Waals surface area contributed by atoms with Crippen molar-refractivity contribution in [1.29, 1.82) is 0 Å². The van der Waals surface area contributed by atoms with Crippen LogP contribution in [-0.4, -0.2) is 79.8 Å². The maximum Gasteiger partial charge on any atom is 0.229 e. The van der Waals surface area contributed by atoms with E-state index in [1.165, 1.54) is 6.20 Å². The molecule has 1 fully saturated rings. The molecule has 1 saturated heterocycles. The molecule has 0 aliphatic carbocycles. The van der Waals surface area contributed by atoms with Crippen molar-refractivity contribution in [3.8, 4) is 5.75 Å². The van der Waals surface area contributed by atoms with Crippen LogP contribution in [0.5, 0.6) is 5.75 Å². The number of ether oxygens (including phenoxy) is 1. The number of aryl methyl sites for hydroxylation is 1. The molecule has 0 radical (unpaired) electrons. The van der Waals surface area contributed by atoms with Crippen LogP contribution in [0.15, 0.2) is 47.3 Å². The zero-order chi connectivity index (χ0) is 28.4. The van der Waals surface area contributed by atoms with Gasteiger partial charge < -0.3 is 25.2 Å². The van der Waals surface area contributed by atoms with Gasteiger partial charge in [0.1, 0.15) is 17.1 Å². The number of anilines is 6. The molecule has 40 heavy (non-hydrogen) atoms. The SMILES string of the molecule is COc1cc(N2CCN(C)CC2)c(C)cc1Nc1ncc(Br)c(Nc2ccc3nccnc3c2NS(C)(=O)=O)n1. The summed E-state index contributed by atoms with van der Waals surface area (Å²) >= 11 is 3.49. The van der Waals surface area contributed by atoms with Crippen LogP contribution in [0.3, 0.4) is 0 Å². The van der Waals surface area contributed by atoms with E-state index in [-0.39, 0.29) is 5.69 Å². The molecule has 3 heterocycles. The normalized spacial score (nSPS) is 14.3. The number of likely N-dealkylation sites (N-methyl/N-ethyl adjacent to an activating group) is 1. The molecule has 0 saturated carbocycles. The van der Waals surface area contributed by atoms with Gasteiger partial charge in [-0.2, -0.15) is 4.98 Å². The number of fused-ring (bicyclic) bond motifs is 1. The minimum absolute atomic E-state index is 0.268. The predicted octanol–water partition coefficient (Wildman–Crippen LogP) is 4.11. The van der Waals surface area contributed by atoms with Crippen molar-refractivity contribution in [3.05, 3.63) is 52.9 Å². The summed E-state index contributed by atoms with van der Waals surface area (Å²) in [6, 6.07) is 7.54. The van der Waals surface area contributed by atoms with Crippen molar-refractivity contribution in [2.45, 2.75) is 6.92 Å². The Bertz CT molecular complexity index is 1660. The monoisotopic (exact) mass is 627 g/mol. The highest BCUT2D eigenvalue weighted by Gasteiger charge is 2.20. The summed E-state index contributed by atoms with van der Waals surface area (Å²) in [5.74, 6) is 1.42. The van der Waals surface area contributed by atoms with Gasteiger partial charge in [0.05, 0.1) is 40.4 Å². The summed E-state index contributed by atoms with van der Waals surface area (Å²) in [6.45, 7) is 6.00. The van der Waals surface area contributed by atoms with Gasteiger partial charge in [0.15, 0.2) is 0 Å². The molecule has 0 atom stereocenters. The highest BCUT2D eigenvalue weighted by Crippen LogP contribution is 2.37. The van der Waals surface area contributed by atoms with Crippen molar-refractivity contribution in [2.75, 3.05) is 66.8 Å². The van der Waals surface area contributed by atoms with Crippen molar-refractivity contribution in [1.82, 2.24) is 24.8 Å². The largest absolute Gasteiger partial charge is 0.494 e. The number of nitrogens with zero attached hydrogens (tertiary/aromatic N) is 6. The standard InChI is InChI=1S/C26H30BrN9O3S/c1-16-13-20(22(39-3)14-21(16)36-11-9-35(2)10-12-36)32-26-30-15-17(27)25(33-26)31-19-6-5-18-23(29-8-7-28-18)24(19)34-40(4,37)38/h5-8,13-15,34H,9-12H2,1-4H3,(H2,30,31,32,33). The fourth-order valence-electron chi connectivity index (χ4n) is 4.52. The van der Waals surface area contributed by atoms with Crippen LogP contribution < -0.4 is 25.0 Å². The number of sulfonamides is 1. The van der Waals surface area contributed by atoms with Crippen molar-refractivity contribution in [2.24, 2.45) is 0 Å². The van der Waals surface area contributed by atoms with Gasteiger partial charge in [-0.25, -0.2) is 13.4 Å². The van der Waals surface area contributed by atoms with E-state index in [0.717, 1.165) is 49.4 Å². The topological polar surface area (TPSA) is 138 Å². The number of halogens is 1. The predicted molar refractivity (Wildman–Crippen MR) is 162 cm³/mol. The van der Waals surface area contributed by atoms with E-state index >= 15 is 0 Å². The van der Waals surface area contributed by atoms with Gasteiger partial charge in [-0.05, 0) is 53.7 Å². The van der Waals surface area contributed by atoms with E-state index in [4.69, 9.17) is 4.74 Å². The molecule has 14 heteroatoms. The summed E-state index contributed by atoms with van der Waals surface area (Å²) < 4.78 is 33.2. The smallest absolute Gasteiger partial charge is 0.229 e. The quantitative estimate of drug-likeness (QED) is 0.260. The van der Waals surface area contributed by atoms with Crippen molar-refractivity contribution >= 4 is 71.5 Å². The lowest BCUT2D eigenvalue weighted by atomic mass is 10.1. The molecular weight excluding hydrogens is 598 g/mol. The molecule has 3 N–H and O–H groups in total. The number of hydrogen-bond acceptors (Lipinski definition) is 11. The van der Waals surface area contributed by atoms with E-state index in [1.807, 2.05) is 12.1 Å². The minimum atomic E-state index is -3.60. The van der Waals surface area contributed by atoms with Crippen LogP contribution in [0.2, 0.25) is 0 Å². The molecule has 2 aromatic carbocycles. The highest BCUT2D eigenvalue weighted by molar-refractivity contribution is 9.10. The van der Waals surface area contributed by atoms with Crippen LogP contribution in [0, 0.1) is 6.92 Å². The zero-order valence-corrected chi connectivity index (χ0v) is 25.0. The Labute approximate surface area is 241 Å². The van der Waals surface area contributed by atoms with E-state index in [0.29, 0.717) is 38.7 Å².